The lowest BCUT2D eigenvalue weighted by Gasteiger charge is -2.10. The first-order valence-corrected chi connectivity index (χ1v) is 9.98. The van der Waals surface area contributed by atoms with Gasteiger partial charge in [0.2, 0.25) is 12.1 Å². The second-order valence-electron chi connectivity index (χ2n) is 6.30. The number of halogens is 1. The minimum atomic E-state index is -0.749. The number of carbonyl (C=O) groups excluding carboxylic acids is 1. The number of nitrogens with zero attached hydrogens (tertiary/aromatic N) is 4. The van der Waals surface area contributed by atoms with E-state index in [1.54, 1.807) is 16.0 Å². The summed E-state index contributed by atoms with van der Waals surface area (Å²) in [5, 5.41) is 5.74. The van der Waals surface area contributed by atoms with Gasteiger partial charge in [0.05, 0.1) is 5.71 Å². The number of nitrogens with two attached hydrogens (primary N) is 1. The zero-order valence-electron chi connectivity index (χ0n) is 15.3. The van der Waals surface area contributed by atoms with Crippen LogP contribution < -0.4 is 5.73 Å². The lowest BCUT2D eigenvalue weighted by Crippen LogP contribution is -2.14. The number of rotatable bonds is 5. The van der Waals surface area contributed by atoms with E-state index in [-0.39, 0.29) is 5.82 Å². The minimum Gasteiger partial charge on any atom is -0.363 e. The number of aryl methyl sites for hydroxylation is 1. The number of aromatic nitrogens is 3. The summed E-state index contributed by atoms with van der Waals surface area (Å²) < 4.78 is 7.17. The maximum absolute atomic E-state index is 11.6. The summed E-state index contributed by atoms with van der Waals surface area (Å²) in [7, 11) is 1.53. The number of methoxy groups -OCH3 is 1. The number of ether oxygens (including phenoxy) is 1. The van der Waals surface area contributed by atoms with Gasteiger partial charge in [-0.05, 0) is 18.6 Å². The molecule has 3 aromatic rings. The molecule has 0 saturated heterocycles. The molecule has 0 saturated carbocycles. The number of benzene rings is 1. The molecule has 3 heterocycles. The molecule has 0 fully saturated rings. The first kappa shape index (κ1) is 18.8. The molecule has 9 heteroatoms. The van der Waals surface area contributed by atoms with E-state index >= 15 is 0 Å². The summed E-state index contributed by atoms with van der Waals surface area (Å²) in [6.45, 7) is 2.13. The first-order chi connectivity index (χ1) is 13.5. The second-order valence-corrected chi connectivity index (χ2v) is 7.82. The molecule has 1 aliphatic rings. The summed E-state index contributed by atoms with van der Waals surface area (Å²) in [6.07, 6.45) is 1.18. The largest absolute Gasteiger partial charge is 0.363 e. The fraction of sp³-hybridized carbons (Fsp3) is 0.263. The van der Waals surface area contributed by atoms with E-state index in [2.05, 4.69) is 23.1 Å². The van der Waals surface area contributed by atoms with Crippen LogP contribution in [0, 0.1) is 0 Å². The number of fused-ring (bicyclic) bond motifs is 3. The summed E-state index contributed by atoms with van der Waals surface area (Å²) in [4.78, 5) is 21.9. The molecule has 0 spiro atoms. The number of hydrogen-bond donors (Lipinski definition) is 1. The predicted octanol–water partition coefficient (Wildman–Crippen LogP) is 3.53. The number of primary amides is 1. The number of amides is 1. The monoisotopic (exact) mass is 415 g/mol. The van der Waals surface area contributed by atoms with Crippen LogP contribution in [0.15, 0.2) is 35.3 Å². The summed E-state index contributed by atoms with van der Waals surface area (Å²) >= 11 is 8.06. The molecule has 1 aromatic carbocycles. The number of carbonyl (C=O) groups is 1. The van der Waals surface area contributed by atoms with Crippen LogP contribution in [-0.4, -0.2) is 33.5 Å². The van der Waals surface area contributed by atoms with Gasteiger partial charge in [-0.2, -0.15) is 0 Å². The van der Waals surface area contributed by atoms with Crippen LogP contribution in [0.1, 0.15) is 52.0 Å². The molecule has 4 rings (SSSR count). The Morgan fingerprint density at radius 1 is 1.36 bits per heavy atom. The van der Waals surface area contributed by atoms with Crippen molar-refractivity contribution in [1.82, 2.24) is 14.8 Å². The van der Waals surface area contributed by atoms with Gasteiger partial charge in [0.15, 0.2) is 5.82 Å². The predicted molar refractivity (Wildman–Crippen MR) is 109 cm³/mol. The SMILES string of the molecule is CCCc1cc2c(s1)-n1nc(C(N)=O)nc1C(OC)N=C2c1ccccc1Cl. The van der Waals surface area contributed by atoms with Crippen molar-refractivity contribution in [3.8, 4) is 5.00 Å². The van der Waals surface area contributed by atoms with Gasteiger partial charge in [0.25, 0.3) is 5.91 Å². The molecule has 2 aromatic heterocycles. The first-order valence-electron chi connectivity index (χ1n) is 8.79. The molecule has 2 N–H and O–H groups in total. The lowest BCUT2D eigenvalue weighted by molar-refractivity contribution is 0.0985. The smallest absolute Gasteiger partial charge is 0.288 e. The summed E-state index contributed by atoms with van der Waals surface area (Å²) in [6, 6.07) is 9.63. The highest BCUT2D eigenvalue weighted by molar-refractivity contribution is 7.15. The van der Waals surface area contributed by atoms with Gasteiger partial charge in [-0.1, -0.05) is 43.1 Å². The Morgan fingerprint density at radius 3 is 2.82 bits per heavy atom. The molecule has 7 nitrogen and oxygen atoms in total. The van der Waals surface area contributed by atoms with Crippen molar-refractivity contribution in [2.45, 2.75) is 26.0 Å². The van der Waals surface area contributed by atoms with E-state index in [0.29, 0.717) is 16.6 Å². The molecule has 1 unspecified atom stereocenters. The van der Waals surface area contributed by atoms with E-state index in [1.165, 1.54) is 12.0 Å². The van der Waals surface area contributed by atoms with E-state index in [4.69, 9.17) is 27.1 Å². The van der Waals surface area contributed by atoms with Crippen LogP contribution in [0.4, 0.5) is 0 Å². The van der Waals surface area contributed by atoms with Crippen molar-refractivity contribution in [3.63, 3.8) is 0 Å². The highest BCUT2D eigenvalue weighted by Gasteiger charge is 2.31. The average Bonchev–Trinajstić information content (AvgIpc) is 3.26. The van der Waals surface area contributed by atoms with Crippen LogP contribution >= 0.6 is 22.9 Å². The van der Waals surface area contributed by atoms with Gasteiger partial charge in [-0.3, -0.25) is 4.79 Å². The van der Waals surface area contributed by atoms with Gasteiger partial charge in [-0.25, -0.2) is 14.7 Å². The molecule has 0 bridgehead atoms. The third-order valence-electron chi connectivity index (χ3n) is 4.38. The molecule has 0 radical (unpaired) electrons. The van der Waals surface area contributed by atoms with Crippen molar-refractivity contribution < 1.29 is 9.53 Å². The summed E-state index contributed by atoms with van der Waals surface area (Å²) in [5.74, 6) is -0.355. The molecule has 0 aliphatic carbocycles. The quantitative estimate of drug-likeness (QED) is 0.689. The molecule has 28 heavy (non-hydrogen) atoms. The Bertz CT molecular complexity index is 1090. The van der Waals surface area contributed by atoms with Crippen molar-refractivity contribution in [3.05, 3.63) is 63.0 Å². The molecular formula is C19H18ClN5O2S. The lowest BCUT2D eigenvalue weighted by atomic mass is 10.0. The third-order valence-corrected chi connectivity index (χ3v) is 5.88. The van der Waals surface area contributed by atoms with Crippen LogP contribution in [-0.2, 0) is 11.2 Å². The second kappa shape index (κ2) is 7.46. The molecule has 1 aliphatic heterocycles. The molecule has 1 amide bonds. The molecular weight excluding hydrogens is 398 g/mol. The van der Waals surface area contributed by atoms with Gasteiger partial charge >= 0.3 is 0 Å². The number of aliphatic imine (C=N–C) groups is 1. The van der Waals surface area contributed by atoms with Gasteiger partial charge in [0, 0.05) is 28.1 Å². The Kier molecular flexibility index (Phi) is 5.01. The summed E-state index contributed by atoms with van der Waals surface area (Å²) in [5.41, 5.74) is 7.78. The van der Waals surface area contributed by atoms with E-state index in [1.807, 2.05) is 24.3 Å². The maximum Gasteiger partial charge on any atom is 0.288 e. The normalized spacial score (nSPS) is 15.5. The fourth-order valence-electron chi connectivity index (χ4n) is 3.14. The standard InChI is InChI=1S/C19H18ClN5O2S/c1-3-6-10-9-12-14(11-7-4-5-8-13(11)20)22-18(27-2)17-23-16(15(21)26)24-25(17)19(12)28-10/h4-5,7-9,18H,3,6H2,1-2H3,(H2,21,26). The Labute approximate surface area is 170 Å². The highest BCUT2D eigenvalue weighted by atomic mass is 35.5. The third kappa shape index (κ3) is 3.13. The number of thiophene rings is 1. The minimum absolute atomic E-state index is 0.0650. The van der Waals surface area contributed by atoms with Gasteiger partial charge < -0.3 is 10.5 Å². The zero-order chi connectivity index (χ0) is 19.8. The van der Waals surface area contributed by atoms with Gasteiger partial charge in [-0.15, -0.1) is 16.4 Å². The van der Waals surface area contributed by atoms with Crippen molar-refractivity contribution >= 4 is 34.6 Å². The molecule has 1 atom stereocenters. The van der Waals surface area contributed by atoms with Gasteiger partial charge in [0.1, 0.15) is 5.00 Å². The van der Waals surface area contributed by atoms with Crippen molar-refractivity contribution in [1.29, 1.82) is 0 Å². The van der Waals surface area contributed by atoms with Crippen molar-refractivity contribution in [2.24, 2.45) is 10.7 Å². The Morgan fingerprint density at radius 2 is 2.14 bits per heavy atom. The average molecular weight is 416 g/mol. The topological polar surface area (TPSA) is 95.4 Å². The Hall–Kier alpha value is -2.55. The maximum atomic E-state index is 11.6. The Balaban J connectivity index is 2.00. The van der Waals surface area contributed by atoms with Crippen LogP contribution in [0.2, 0.25) is 5.02 Å². The van der Waals surface area contributed by atoms with E-state index in [9.17, 15) is 4.79 Å². The highest BCUT2D eigenvalue weighted by Crippen LogP contribution is 2.36. The molecule has 144 valence electrons. The van der Waals surface area contributed by atoms with E-state index < -0.39 is 12.1 Å². The zero-order valence-corrected chi connectivity index (χ0v) is 16.9. The number of hydrogen-bond acceptors (Lipinski definition) is 6. The van der Waals surface area contributed by atoms with Crippen LogP contribution in [0.25, 0.3) is 5.00 Å². The fourth-order valence-corrected chi connectivity index (χ4v) is 4.58. The van der Waals surface area contributed by atoms with Crippen LogP contribution in [0.5, 0.6) is 0 Å². The van der Waals surface area contributed by atoms with E-state index in [0.717, 1.165) is 29.0 Å². The van der Waals surface area contributed by atoms with Crippen LogP contribution in [0.3, 0.4) is 0 Å². The van der Waals surface area contributed by atoms with Crippen molar-refractivity contribution in [2.75, 3.05) is 7.11 Å².